The average Bonchev–Trinajstić information content (AvgIpc) is 1.78. The van der Waals surface area contributed by atoms with Crippen molar-refractivity contribution in [1.29, 1.82) is 0 Å². The Morgan fingerprint density at radius 2 is 0.889 bits per heavy atom. The van der Waals surface area contributed by atoms with E-state index >= 15 is 0 Å². The molecular formula is C7H25I2O6P3. The molecule has 3 N–H and O–H groups in total. The SMILES string of the molecule is C.C.CP(=O)(O)CP(C)(=O)O.CP(C)(=O)O.II. The maximum absolute atomic E-state index is 10.5. The lowest BCUT2D eigenvalue weighted by atomic mass is 11.9. The minimum atomic E-state index is -3.30. The summed E-state index contributed by atoms with van der Waals surface area (Å²) in [6, 6.07) is 0. The van der Waals surface area contributed by atoms with E-state index in [9.17, 15) is 13.7 Å². The number of hydrogen-bond donors (Lipinski definition) is 3. The molecular weight excluding hydrogens is 527 g/mol. The van der Waals surface area contributed by atoms with Gasteiger partial charge in [-0.05, 0) is 0 Å². The largest absolute Gasteiger partial charge is 0.345 e. The molecule has 0 heterocycles. The quantitative estimate of drug-likeness (QED) is 0.348. The molecule has 2 atom stereocenters. The third kappa shape index (κ3) is 81.1. The summed E-state index contributed by atoms with van der Waals surface area (Å²) in [4.78, 5) is 25.2. The predicted molar refractivity (Wildman–Crippen MR) is 99.5 cm³/mol. The van der Waals surface area contributed by atoms with Crippen LogP contribution in [0.4, 0.5) is 0 Å². The van der Waals surface area contributed by atoms with Crippen LogP contribution in [0.1, 0.15) is 14.9 Å². The monoisotopic (exact) mass is 552 g/mol. The van der Waals surface area contributed by atoms with Gasteiger partial charge >= 0.3 is 0 Å². The van der Waals surface area contributed by atoms with Gasteiger partial charge in [0.25, 0.3) is 0 Å². The summed E-state index contributed by atoms with van der Waals surface area (Å²) in [6.07, 6.45) is 0. The van der Waals surface area contributed by atoms with Crippen LogP contribution < -0.4 is 0 Å². The summed E-state index contributed by atoms with van der Waals surface area (Å²) in [5.41, 5.74) is 0. The fourth-order valence-corrected chi connectivity index (χ4v) is 4.38. The lowest BCUT2D eigenvalue weighted by Crippen LogP contribution is -1.86. The first-order chi connectivity index (χ1) is 6.71. The lowest BCUT2D eigenvalue weighted by Gasteiger charge is -2.06. The fraction of sp³-hybridized carbons (Fsp3) is 1.00. The predicted octanol–water partition coefficient (Wildman–Crippen LogP) is 4.30. The molecule has 0 saturated heterocycles. The highest BCUT2D eigenvalue weighted by molar-refractivity contribution is 15.0. The molecule has 0 bridgehead atoms. The summed E-state index contributed by atoms with van der Waals surface area (Å²) in [7, 11) is -9.24. The zero-order chi connectivity index (χ0) is 14.2. The smallest absolute Gasteiger partial charge is 0.207 e. The highest BCUT2D eigenvalue weighted by Gasteiger charge is 2.21. The van der Waals surface area contributed by atoms with Crippen LogP contribution in [0.3, 0.4) is 0 Å². The van der Waals surface area contributed by atoms with Crippen molar-refractivity contribution >= 4 is 59.3 Å². The van der Waals surface area contributed by atoms with Crippen LogP contribution in [0, 0.1) is 0 Å². The molecule has 0 radical (unpaired) electrons. The van der Waals surface area contributed by atoms with Crippen LogP contribution in [-0.2, 0) is 13.7 Å². The standard InChI is InChI=1S/C3H10O4P2.C2H7O2P.2CH4.I2/c1-8(4,5)3-9(2,6)7;1-5(2,3)4;;;1-2/h3H2,1-2H3,(H,4,5)(H,6,7);1-2H3,(H,3,4);2*1H4;. The molecule has 0 aliphatic heterocycles. The van der Waals surface area contributed by atoms with Gasteiger partial charge in [-0.15, -0.1) is 0 Å². The van der Waals surface area contributed by atoms with Crippen molar-refractivity contribution in [3.05, 3.63) is 0 Å². The first-order valence-corrected chi connectivity index (χ1v) is 17.1. The van der Waals surface area contributed by atoms with Crippen LogP contribution in [0.2, 0.25) is 0 Å². The molecule has 6 nitrogen and oxygen atoms in total. The van der Waals surface area contributed by atoms with Gasteiger partial charge in [-0.25, -0.2) is 0 Å². The number of halogens is 2. The first-order valence-electron chi connectivity index (χ1n) is 3.71. The van der Waals surface area contributed by atoms with E-state index in [0.717, 1.165) is 13.3 Å². The van der Waals surface area contributed by atoms with Crippen molar-refractivity contribution < 1.29 is 28.4 Å². The molecule has 0 rings (SSSR count). The van der Waals surface area contributed by atoms with Gasteiger partial charge in [0.05, 0.1) is 0 Å². The zero-order valence-corrected chi connectivity index (χ0v) is 16.4. The van der Waals surface area contributed by atoms with E-state index in [1.54, 1.807) is 0 Å². The van der Waals surface area contributed by atoms with E-state index in [2.05, 4.69) is 37.2 Å². The maximum atomic E-state index is 10.5. The second-order valence-electron chi connectivity index (χ2n) is 3.54. The van der Waals surface area contributed by atoms with Crippen molar-refractivity contribution in [2.45, 2.75) is 14.9 Å². The molecule has 18 heavy (non-hydrogen) atoms. The molecule has 0 aliphatic rings. The molecule has 0 fully saturated rings. The molecule has 0 aromatic heterocycles. The van der Waals surface area contributed by atoms with Crippen molar-refractivity contribution in [2.24, 2.45) is 0 Å². The zero-order valence-electron chi connectivity index (χ0n) is 9.37. The van der Waals surface area contributed by atoms with Gasteiger partial charge in [-0.1, -0.05) is 14.9 Å². The second-order valence-corrected chi connectivity index (χ2v) is 11.5. The Morgan fingerprint density at radius 3 is 0.889 bits per heavy atom. The number of rotatable bonds is 2. The highest BCUT2D eigenvalue weighted by Crippen LogP contribution is 2.52. The van der Waals surface area contributed by atoms with E-state index in [0.29, 0.717) is 0 Å². The lowest BCUT2D eigenvalue weighted by molar-refractivity contribution is 0.473. The summed E-state index contributed by atoms with van der Waals surface area (Å²) in [5, 5.41) is 0. The van der Waals surface area contributed by atoms with Gasteiger partial charge in [0.15, 0.2) is 7.37 Å². The summed E-state index contributed by atoms with van der Waals surface area (Å²) >= 11 is 4.24. The van der Waals surface area contributed by atoms with E-state index in [4.69, 9.17) is 14.7 Å². The second kappa shape index (κ2) is 14.0. The van der Waals surface area contributed by atoms with Crippen LogP contribution in [-0.4, -0.2) is 47.2 Å². The molecule has 0 aliphatic carbocycles. The van der Waals surface area contributed by atoms with E-state index in [1.807, 2.05) is 0 Å². The van der Waals surface area contributed by atoms with Crippen molar-refractivity contribution in [1.82, 2.24) is 0 Å². The van der Waals surface area contributed by atoms with Crippen LogP contribution in [0.15, 0.2) is 0 Å². The molecule has 11 heteroatoms. The average molecular weight is 552 g/mol. The van der Waals surface area contributed by atoms with Crippen molar-refractivity contribution in [2.75, 3.05) is 32.6 Å². The Hall–Kier alpha value is 2.03. The summed E-state index contributed by atoms with van der Waals surface area (Å²) in [5.74, 6) is -0.486. The molecule has 0 amide bonds. The third-order valence-electron chi connectivity index (χ3n) is 0.525. The van der Waals surface area contributed by atoms with Crippen LogP contribution >= 0.6 is 59.3 Å². The van der Waals surface area contributed by atoms with Gasteiger partial charge < -0.3 is 14.7 Å². The molecule has 0 saturated carbocycles. The first kappa shape index (κ1) is 32.1. The van der Waals surface area contributed by atoms with Gasteiger partial charge in [0.1, 0.15) is 5.90 Å². The Morgan fingerprint density at radius 1 is 0.778 bits per heavy atom. The highest BCUT2D eigenvalue weighted by atomic mass is 128. The van der Waals surface area contributed by atoms with E-state index < -0.39 is 28.0 Å². The normalized spacial score (nSPS) is 15.8. The molecule has 2 unspecified atom stereocenters. The maximum Gasteiger partial charge on any atom is 0.207 e. The molecule has 0 spiro atoms. The summed E-state index contributed by atoms with van der Waals surface area (Å²) < 4.78 is 30.7. The van der Waals surface area contributed by atoms with Gasteiger partial charge in [-0.2, -0.15) is 0 Å². The van der Waals surface area contributed by atoms with Crippen LogP contribution in [0.25, 0.3) is 0 Å². The van der Waals surface area contributed by atoms with Gasteiger partial charge in [0.2, 0.25) is 14.7 Å². The van der Waals surface area contributed by atoms with Crippen LogP contribution in [0.5, 0.6) is 0 Å². The summed E-state index contributed by atoms with van der Waals surface area (Å²) in [6.45, 7) is 4.73. The van der Waals surface area contributed by atoms with Gasteiger partial charge in [0, 0.05) is 63.9 Å². The van der Waals surface area contributed by atoms with E-state index in [-0.39, 0.29) is 14.9 Å². The third-order valence-corrected chi connectivity index (χ3v) is 4.72. The Bertz CT molecular complexity index is 276. The molecule has 0 aromatic carbocycles. The molecule has 0 aromatic rings. The minimum Gasteiger partial charge on any atom is -0.345 e. The Labute approximate surface area is 134 Å². The van der Waals surface area contributed by atoms with Gasteiger partial charge in [-0.3, -0.25) is 13.7 Å². The topological polar surface area (TPSA) is 112 Å². The molecule has 118 valence electrons. The Balaban J connectivity index is -0.0000000546. The minimum absolute atomic E-state index is 0. The fourth-order valence-electron chi connectivity index (χ4n) is 0.487. The number of hydrogen-bond acceptors (Lipinski definition) is 3. The van der Waals surface area contributed by atoms with Crippen molar-refractivity contribution in [3.63, 3.8) is 0 Å². The Kier molecular flexibility index (Phi) is 25.0. The van der Waals surface area contributed by atoms with Crippen molar-refractivity contribution in [3.8, 4) is 0 Å². The van der Waals surface area contributed by atoms with E-state index in [1.165, 1.54) is 13.3 Å².